The first-order valence-corrected chi connectivity index (χ1v) is 4.76. The predicted molar refractivity (Wildman–Crippen MR) is 51.3 cm³/mol. The summed E-state index contributed by atoms with van der Waals surface area (Å²) in [6, 6.07) is 1.45. The molecule has 1 aliphatic rings. The van der Waals surface area contributed by atoms with E-state index in [1.165, 1.54) is 0 Å². The first-order chi connectivity index (χ1) is 6.74. The number of aromatic amines is 1. The summed E-state index contributed by atoms with van der Waals surface area (Å²) in [6.07, 6.45) is 2.93. The average Bonchev–Trinajstić information content (AvgIpc) is 2.54. The summed E-state index contributed by atoms with van der Waals surface area (Å²) >= 11 is 0. The molecule has 1 aromatic rings. The van der Waals surface area contributed by atoms with Crippen molar-refractivity contribution in [2.45, 2.75) is 25.3 Å². The summed E-state index contributed by atoms with van der Waals surface area (Å²) in [6.45, 7) is 1.02. The molecule has 14 heavy (non-hydrogen) atoms. The minimum Gasteiger partial charge on any atom is -0.493 e. The van der Waals surface area contributed by atoms with Crippen LogP contribution in [0.1, 0.15) is 18.7 Å². The molecule has 0 saturated carbocycles. The third kappa shape index (κ3) is 2.11. The molecule has 0 aromatic carbocycles. The molecule has 1 atom stereocenters. The molecule has 0 spiro atoms. The molecule has 1 unspecified atom stereocenters. The summed E-state index contributed by atoms with van der Waals surface area (Å²) in [5.41, 5.74) is -0.300. The summed E-state index contributed by atoms with van der Waals surface area (Å²) in [7, 11) is 0. The van der Waals surface area contributed by atoms with Crippen molar-refractivity contribution in [2.75, 3.05) is 6.54 Å². The lowest BCUT2D eigenvalue weighted by molar-refractivity contribution is 0.445. The first kappa shape index (κ1) is 9.21. The number of nitrogens with one attached hydrogen (secondary N) is 2. The number of hydrogen-bond acceptors (Lipinski definition) is 4. The highest BCUT2D eigenvalue weighted by molar-refractivity contribution is 5.07. The Hall–Kier alpha value is -1.36. The zero-order valence-electron chi connectivity index (χ0n) is 7.79. The Labute approximate surface area is 81.2 Å². The van der Waals surface area contributed by atoms with Crippen molar-refractivity contribution in [1.82, 2.24) is 15.3 Å². The minimum atomic E-state index is -0.300. The molecule has 1 aliphatic heterocycles. The predicted octanol–water partition coefficient (Wildman–Crippen LogP) is -0.230. The van der Waals surface area contributed by atoms with Gasteiger partial charge in [-0.15, -0.1) is 0 Å². The molecule has 0 amide bonds. The normalized spacial score (nSPS) is 21.3. The van der Waals surface area contributed by atoms with Gasteiger partial charge in [0.25, 0.3) is 5.56 Å². The number of H-pyrrole nitrogens is 1. The Morgan fingerprint density at radius 3 is 3.14 bits per heavy atom. The molecule has 1 fully saturated rings. The SMILES string of the molecule is O=c1cc(O)nc(CC2CCCN2)[nH]1. The molecule has 2 rings (SSSR count). The van der Waals surface area contributed by atoms with E-state index in [2.05, 4.69) is 15.3 Å². The second-order valence-electron chi connectivity index (χ2n) is 3.55. The molecule has 2 heterocycles. The number of aromatic hydroxyl groups is 1. The van der Waals surface area contributed by atoms with Crippen molar-refractivity contribution in [2.24, 2.45) is 0 Å². The van der Waals surface area contributed by atoms with E-state index >= 15 is 0 Å². The fourth-order valence-electron chi connectivity index (χ4n) is 1.76. The van der Waals surface area contributed by atoms with Gasteiger partial charge in [0.2, 0.25) is 5.88 Å². The van der Waals surface area contributed by atoms with Crippen LogP contribution in [0.4, 0.5) is 0 Å². The molecular formula is C9H13N3O2. The zero-order valence-corrected chi connectivity index (χ0v) is 7.79. The van der Waals surface area contributed by atoms with E-state index in [0.717, 1.165) is 25.5 Å². The van der Waals surface area contributed by atoms with Crippen LogP contribution in [0.5, 0.6) is 5.88 Å². The van der Waals surface area contributed by atoms with E-state index < -0.39 is 0 Å². The quantitative estimate of drug-likeness (QED) is 0.609. The molecular weight excluding hydrogens is 182 g/mol. The van der Waals surface area contributed by atoms with E-state index in [-0.39, 0.29) is 11.4 Å². The van der Waals surface area contributed by atoms with E-state index in [1.54, 1.807) is 0 Å². The molecule has 5 nitrogen and oxygen atoms in total. The van der Waals surface area contributed by atoms with Crippen molar-refractivity contribution < 1.29 is 5.11 Å². The lowest BCUT2D eigenvalue weighted by Gasteiger charge is -2.08. The molecule has 0 radical (unpaired) electrons. The van der Waals surface area contributed by atoms with Crippen LogP contribution in [0.2, 0.25) is 0 Å². The molecule has 1 aromatic heterocycles. The Balaban J connectivity index is 2.11. The maximum Gasteiger partial charge on any atom is 0.254 e. The lowest BCUT2D eigenvalue weighted by Crippen LogP contribution is -2.25. The summed E-state index contributed by atoms with van der Waals surface area (Å²) in [4.78, 5) is 17.5. The van der Waals surface area contributed by atoms with Gasteiger partial charge in [0.05, 0.1) is 6.07 Å². The van der Waals surface area contributed by atoms with Crippen LogP contribution in [0.15, 0.2) is 10.9 Å². The van der Waals surface area contributed by atoms with Crippen molar-refractivity contribution in [3.05, 3.63) is 22.2 Å². The van der Waals surface area contributed by atoms with E-state index in [4.69, 9.17) is 5.11 Å². The van der Waals surface area contributed by atoms with Crippen molar-refractivity contribution in [3.63, 3.8) is 0 Å². The minimum absolute atomic E-state index is 0.207. The second kappa shape index (κ2) is 3.79. The number of rotatable bonds is 2. The van der Waals surface area contributed by atoms with Crippen LogP contribution in [0, 0.1) is 0 Å². The molecule has 76 valence electrons. The van der Waals surface area contributed by atoms with Gasteiger partial charge in [-0.25, -0.2) is 4.98 Å². The van der Waals surface area contributed by atoms with Gasteiger partial charge in [-0.1, -0.05) is 0 Å². The summed E-state index contributed by atoms with van der Waals surface area (Å²) in [5.74, 6) is 0.344. The highest BCUT2D eigenvalue weighted by Gasteiger charge is 2.15. The fourth-order valence-corrected chi connectivity index (χ4v) is 1.76. The molecule has 0 aliphatic carbocycles. The molecule has 5 heteroatoms. The zero-order chi connectivity index (χ0) is 9.97. The van der Waals surface area contributed by atoms with Crippen LogP contribution >= 0.6 is 0 Å². The maximum absolute atomic E-state index is 11.0. The monoisotopic (exact) mass is 195 g/mol. The van der Waals surface area contributed by atoms with Gasteiger partial charge >= 0.3 is 0 Å². The fraction of sp³-hybridized carbons (Fsp3) is 0.556. The van der Waals surface area contributed by atoms with Crippen molar-refractivity contribution in [1.29, 1.82) is 0 Å². The van der Waals surface area contributed by atoms with Crippen LogP contribution in [0.25, 0.3) is 0 Å². The largest absolute Gasteiger partial charge is 0.493 e. The van der Waals surface area contributed by atoms with Gasteiger partial charge < -0.3 is 15.4 Å². The first-order valence-electron chi connectivity index (χ1n) is 4.76. The Bertz CT molecular complexity index is 369. The third-order valence-electron chi connectivity index (χ3n) is 2.38. The van der Waals surface area contributed by atoms with Crippen LogP contribution in [-0.2, 0) is 6.42 Å². The van der Waals surface area contributed by atoms with Gasteiger partial charge in [-0.2, -0.15) is 0 Å². The van der Waals surface area contributed by atoms with E-state index in [1.807, 2.05) is 0 Å². The number of hydrogen-bond donors (Lipinski definition) is 3. The molecule has 1 saturated heterocycles. The van der Waals surface area contributed by atoms with E-state index in [9.17, 15) is 4.79 Å². The molecule has 3 N–H and O–H groups in total. The van der Waals surface area contributed by atoms with Crippen molar-refractivity contribution in [3.8, 4) is 5.88 Å². The van der Waals surface area contributed by atoms with Gasteiger partial charge in [-0.3, -0.25) is 4.79 Å². The number of nitrogens with zero attached hydrogens (tertiary/aromatic N) is 1. The van der Waals surface area contributed by atoms with Gasteiger partial charge in [-0.05, 0) is 19.4 Å². The highest BCUT2D eigenvalue weighted by Crippen LogP contribution is 2.09. The number of aromatic nitrogens is 2. The Morgan fingerprint density at radius 2 is 2.50 bits per heavy atom. The topological polar surface area (TPSA) is 78.0 Å². The van der Waals surface area contributed by atoms with Crippen molar-refractivity contribution >= 4 is 0 Å². The summed E-state index contributed by atoms with van der Waals surface area (Å²) < 4.78 is 0. The second-order valence-corrected chi connectivity index (χ2v) is 3.55. The van der Waals surface area contributed by atoms with Crippen LogP contribution in [0.3, 0.4) is 0 Å². The Kier molecular flexibility index (Phi) is 2.49. The highest BCUT2D eigenvalue weighted by atomic mass is 16.3. The van der Waals surface area contributed by atoms with E-state index in [0.29, 0.717) is 18.3 Å². The van der Waals surface area contributed by atoms with Crippen LogP contribution < -0.4 is 10.9 Å². The smallest absolute Gasteiger partial charge is 0.254 e. The summed E-state index contributed by atoms with van der Waals surface area (Å²) in [5, 5.41) is 12.4. The van der Waals surface area contributed by atoms with Crippen LogP contribution in [-0.4, -0.2) is 27.7 Å². The van der Waals surface area contributed by atoms with Gasteiger partial charge in [0.1, 0.15) is 5.82 Å². The lowest BCUT2D eigenvalue weighted by atomic mass is 10.1. The average molecular weight is 195 g/mol. The standard InChI is InChI=1S/C9H13N3O2/c13-8-5-9(14)12-7(11-8)4-6-2-1-3-10-6/h5-6,10H,1-4H2,(H2,11,12,13,14). The Morgan fingerprint density at radius 1 is 1.64 bits per heavy atom. The van der Waals surface area contributed by atoms with Gasteiger partial charge in [0.15, 0.2) is 0 Å². The molecule has 0 bridgehead atoms. The van der Waals surface area contributed by atoms with Gasteiger partial charge in [0, 0.05) is 12.5 Å². The third-order valence-corrected chi connectivity index (χ3v) is 2.38. The maximum atomic E-state index is 11.0.